The third-order valence-electron chi connectivity index (χ3n) is 5.38. The zero-order valence-corrected chi connectivity index (χ0v) is 16.0. The van der Waals surface area contributed by atoms with Crippen molar-refractivity contribution in [2.75, 3.05) is 26.2 Å². The summed E-state index contributed by atoms with van der Waals surface area (Å²) in [7, 11) is 0. The minimum atomic E-state index is -0.217. The van der Waals surface area contributed by atoms with Crippen LogP contribution in [0.2, 0.25) is 0 Å². The summed E-state index contributed by atoms with van der Waals surface area (Å²) in [5, 5.41) is 7.42. The van der Waals surface area contributed by atoms with E-state index in [9.17, 15) is 4.39 Å². The SMILES string of the molecule is Fc1cccc(-c2cn[nH]c2C2CCCN(CCOCc3ccccc3)C2)c1. The topological polar surface area (TPSA) is 41.2 Å². The first-order valence-electron chi connectivity index (χ1n) is 9.93. The Kier molecular flexibility index (Phi) is 6.14. The predicted octanol–water partition coefficient (Wildman–Crippen LogP) is 4.61. The number of hydrogen-bond acceptors (Lipinski definition) is 3. The second-order valence-electron chi connectivity index (χ2n) is 7.39. The second-order valence-corrected chi connectivity index (χ2v) is 7.39. The molecule has 5 heteroatoms. The number of H-pyrrole nitrogens is 1. The lowest BCUT2D eigenvalue weighted by Gasteiger charge is -2.32. The standard InChI is InChI=1S/C23H26FN3O/c24-21-10-4-8-19(14-21)22-15-25-26-23(22)20-9-5-11-27(16-20)12-13-28-17-18-6-2-1-3-7-18/h1-4,6-8,10,14-15,20H,5,9,11-13,16-17H2,(H,25,26). The molecule has 1 atom stereocenters. The summed E-state index contributed by atoms with van der Waals surface area (Å²) in [6.07, 6.45) is 4.07. The van der Waals surface area contributed by atoms with Gasteiger partial charge in [0.05, 0.1) is 19.4 Å². The maximum atomic E-state index is 13.6. The van der Waals surface area contributed by atoms with Crippen LogP contribution in [0.3, 0.4) is 0 Å². The normalized spacial score (nSPS) is 17.7. The largest absolute Gasteiger partial charge is 0.375 e. The zero-order valence-electron chi connectivity index (χ0n) is 16.0. The van der Waals surface area contributed by atoms with E-state index >= 15 is 0 Å². The summed E-state index contributed by atoms with van der Waals surface area (Å²) in [5.74, 6) is 0.161. The Morgan fingerprint density at radius 1 is 1.14 bits per heavy atom. The van der Waals surface area contributed by atoms with Gasteiger partial charge in [0.1, 0.15) is 5.82 Å². The number of benzene rings is 2. The van der Waals surface area contributed by atoms with Gasteiger partial charge in [-0.1, -0.05) is 42.5 Å². The Morgan fingerprint density at radius 3 is 2.89 bits per heavy atom. The summed E-state index contributed by atoms with van der Waals surface area (Å²) < 4.78 is 19.5. The van der Waals surface area contributed by atoms with Gasteiger partial charge in [-0.25, -0.2) is 4.39 Å². The highest BCUT2D eigenvalue weighted by atomic mass is 19.1. The summed E-state index contributed by atoms with van der Waals surface area (Å²) in [6, 6.07) is 17.0. The monoisotopic (exact) mass is 379 g/mol. The lowest BCUT2D eigenvalue weighted by atomic mass is 9.90. The summed E-state index contributed by atoms with van der Waals surface area (Å²) >= 11 is 0. The van der Waals surface area contributed by atoms with Crippen molar-refractivity contribution < 1.29 is 9.13 Å². The van der Waals surface area contributed by atoms with Crippen LogP contribution in [-0.2, 0) is 11.3 Å². The molecule has 146 valence electrons. The van der Waals surface area contributed by atoms with E-state index in [1.165, 1.54) is 11.6 Å². The highest BCUT2D eigenvalue weighted by Gasteiger charge is 2.25. The number of aromatic nitrogens is 2. The van der Waals surface area contributed by atoms with Crippen LogP contribution in [-0.4, -0.2) is 41.3 Å². The Balaban J connectivity index is 1.34. The lowest BCUT2D eigenvalue weighted by molar-refractivity contribution is 0.0827. The first kappa shape index (κ1) is 18.8. The molecule has 3 aromatic rings. The fourth-order valence-electron chi connectivity index (χ4n) is 3.95. The van der Waals surface area contributed by atoms with E-state index in [1.807, 2.05) is 30.5 Å². The predicted molar refractivity (Wildman–Crippen MR) is 108 cm³/mol. The quantitative estimate of drug-likeness (QED) is 0.610. The van der Waals surface area contributed by atoms with Crippen molar-refractivity contribution in [1.82, 2.24) is 15.1 Å². The molecule has 2 heterocycles. The number of likely N-dealkylation sites (tertiary alicyclic amines) is 1. The molecule has 0 spiro atoms. The van der Waals surface area contributed by atoms with Crippen LogP contribution in [0.4, 0.5) is 4.39 Å². The molecule has 28 heavy (non-hydrogen) atoms. The van der Waals surface area contributed by atoms with Gasteiger partial charge in [-0.15, -0.1) is 0 Å². The summed E-state index contributed by atoms with van der Waals surface area (Å²) in [6.45, 7) is 4.37. The molecule has 0 saturated carbocycles. The highest BCUT2D eigenvalue weighted by Crippen LogP contribution is 2.33. The average molecular weight is 379 g/mol. The molecule has 1 aliphatic rings. The molecule has 1 N–H and O–H groups in total. The molecule has 0 radical (unpaired) electrons. The number of nitrogens with one attached hydrogen (secondary N) is 1. The molecule has 4 rings (SSSR count). The number of ether oxygens (including phenoxy) is 1. The number of hydrogen-bond donors (Lipinski definition) is 1. The van der Waals surface area contributed by atoms with Gasteiger partial charge >= 0.3 is 0 Å². The van der Waals surface area contributed by atoms with Crippen molar-refractivity contribution in [3.05, 3.63) is 77.9 Å². The summed E-state index contributed by atoms with van der Waals surface area (Å²) in [5.41, 5.74) is 4.20. The average Bonchev–Trinajstić information content (AvgIpc) is 3.22. The second kappa shape index (κ2) is 9.13. The van der Waals surface area contributed by atoms with Crippen LogP contribution in [0, 0.1) is 5.82 Å². The van der Waals surface area contributed by atoms with Gasteiger partial charge in [-0.05, 0) is 42.6 Å². The van der Waals surface area contributed by atoms with Crippen LogP contribution in [0.5, 0.6) is 0 Å². The van der Waals surface area contributed by atoms with Crippen molar-refractivity contribution in [2.24, 2.45) is 0 Å². The molecule has 4 nitrogen and oxygen atoms in total. The number of aromatic amines is 1. The van der Waals surface area contributed by atoms with Gasteiger partial charge in [0.15, 0.2) is 0 Å². The van der Waals surface area contributed by atoms with Gasteiger partial charge in [-0.2, -0.15) is 5.10 Å². The van der Waals surface area contributed by atoms with Crippen LogP contribution in [0.1, 0.15) is 30.0 Å². The van der Waals surface area contributed by atoms with E-state index in [-0.39, 0.29) is 5.82 Å². The number of piperidine rings is 1. The first-order valence-corrected chi connectivity index (χ1v) is 9.93. The van der Waals surface area contributed by atoms with Gasteiger partial charge in [0.2, 0.25) is 0 Å². The first-order chi connectivity index (χ1) is 13.8. The van der Waals surface area contributed by atoms with Crippen molar-refractivity contribution in [3.63, 3.8) is 0 Å². The van der Waals surface area contributed by atoms with E-state index in [4.69, 9.17) is 4.74 Å². The maximum absolute atomic E-state index is 13.6. The van der Waals surface area contributed by atoms with Crippen molar-refractivity contribution in [3.8, 4) is 11.1 Å². The van der Waals surface area contributed by atoms with Crippen LogP contribution >= 0.6 is 0 Å². The summed E-state index contributed by atoms with van der Waals surface area (Å²) in [4.78, 5) is 2.45. The van der Waals surface area contributed by atoms with Crippen LogP contribution in [0.25, 0.3) is 11.1 Å². The minimum Gasteiger partial charge on any atom is -0.375 e. The Morgan fingerprint density at radius 2 is 2.04 bits per heavy atom. The molecule has 0 aliphatic carbocycles. The lowest BCUT2D eigenvalue weighted by Crippen LogP contribution is -2.36. The van der Waals surface area contributed by atoms with Crippen molar-refractivity contribution >= 4 is 0 Å². The smallest absolute Gasteiger partial charge is 0.123 e. The third-order valence-corrected chi connectivity index (χ3v) is 5.38. The molecule has 2 aromatic carbocycles. The van der Waals surface area contributed by atoms with E-state index in [2.05, 4.69) is 27.2 Å². The minimum absolute atomic E-state index is 0.217. The van der Waals surface area contributed by atoms with Gasteiger partial charge < -0.3 is 9.64 Å². The molecule has 0 amide bonds. The fourth-order valence-corrected chi connectivity index (χ4v) is 3.95. The third kappa shape index (κ3) is 4.66. The molecule has 1 fully saturated rings. The molecule has 1 aliphatic heterocycles. The van der Waals surface area contributed by atoms with E-state index < -0.39 is 0 Å². The number of nitrogens with zero attached hydrogens (tertiary/aromatic N) is 2. The van der Waals surface area contributed by atoms with E-state index in [1.54, 1.807) is 12.1 Å². The van der Waals surface area contributed by atoms with E-state index in [0.29, 0.717) is 12.5 Å². The molecule has 1 aromatic heterocycles. The van der Waals surface area contributed by atoms with Crippen LogP contribution in [0.15, 0.2) is 60.8 Å². The molecular formula is C23H26FN3O. The van der Waals surface area contributed by atoms with Gasteiger partial charge in [0, 0.05) is 30.3 Å². The zero-order chi connectivity index (χ0) is 19.2. The maximum Gasteiger partial charge on any atom is 0.123 e. The van der Waals surface area contributed by atoms with E-state index in [0.717, 1.165) is 55.9 Å². The molecular weight excluding hydrogens is 353 g/mol. The van der Waals surface area contributed by atoms with Gasteiger partial charge in [-0.3, -0.25) is 5.10 Å². The van der Waals surface area contributed by atoms with Gasteiger partial charge in [0.25, 0.3) is 0 Å². The highest BCUT2D eigenvalue weighted by molar-refractivity contribution is 5.65. The molecule has 1 unspecified atom stereocenters. The molecule has 1 saturated heterocycles. The fraction of sp³-hybridized carbons (Fsp3) is 0.348. The Labute approximate surface area is 165 Å². The van der Waals surface area contributed by atoms with Crippen molar-refractivity contribution in [2.45, 2.75) is 25.4 Å². The molecule has 0 bridgehead atoms. The van der Waals surface area contributed by atoms with Crippen LogP contribution < -0.4 is 0 Å². The number of halogens is 1. The number of rotatable bonds is 7. The Bertz CT molecular complexity index is 880. The Hall–Kier alpha value is -2.50. The van der Waals surface area contributed by atoms with Crippen molar-refractivity contribution in [1.29, 1.82) is 0 Å².